The summed E-state index contributed by atoms with van der Waals surface area (Å²) in [6, 6.07) is 25.9. The fourth-order valence-corrected chi connectivity index (χ4v) is 5.92. The molecule has 1 aliphatic rings. The average Bonchev–Trinajstić information content (AvgIpc) is 3.05. The number of aromatic nitrogens is 4. The lowest BCUT2D eigenvalue weighted by Crippen LogP contribution is -2.41. The Bertz CT molecular complexity index is 1280. The van der Waals surface area contributed by atoms with Crippen LogP contribution in [0.15, 0.2) is 72.8 Å². The molecule has 5 rings (SSSR count). The molecule has 2 aromatic carbocycles. The summed E-state index contributed by atoms with van der Waals surface area (Å²) in [6.45, 7) is 10.5. The number of hydrogen-bond acceptors (Lipinski definition) is 8. The van der Waals surface area contributed by atoms with E-state index >= 15 is 0 Å². The molecule has 8 nitrogen and oxygen atoms in total. The van der Waals surface area contributed by atoms with Crippen molar-refractivity contribution in [1.82, 2.24) is 19.9 Å². The Labute approximate surface area is 261 Å². The zero-order valence-electron chi connectivity index (χ0n) is 26.3. The van der Waals surface area contributed by atoms with Crippen LogP contribution in [-0.2, 0) is 0 Å². The van der Waals surface area contributed by atoms with Crippen molar-refractivity contribution < 1.29 is 18.9 Å². The van der Waals surface area contributed by atoms with E-state index in [2.05, 4.69) is 98.3 Å². The van der Waals surface area contributed by atoms with Crippen LogP contribution in [0.5, 0.6) is 23.8 Å². The second-order valence-electron chi connectivity index (χ2n) is 11.1. The fourth-order valence-electron chi connectivity index (χ4n) is 5.92. The van der Waals surface area contributed by atoms with Gasteiger partial charge in [0.25, 0.3) is 0 Å². The Kier molecular flexibility index (Phi) is 11.0. The number of ether oxygens (including phenoxy) is 4. The fraction of sp³-hybridized carbons (Fsp3) is 0.444. The van der Waals surface area contributed by atoms with Gasteiger partial charge in [0, 0.05) is 35.8 Å². The zero-order valence-corrected chi connectivity index (χ0v) is 26.3. The molecule has 1 saturated carbocycles. The van der Waals surface area contributed by atoms with Gasteiger partial charge in [-0.2, -0.15) is 19.9 Å². The maximum Gasteiger partial charge on any atom is 0.319 e. The standard InChI is InChI=1S/C36H44N4O4/c1-5-19-41-29-23-27(37-35(39-29)43-21-7-3)33-31(25-15-11-9-12-16-25)34(32(33)26-17-13-10-14-18-26)28-24-30(42-20-6-2)40-36(38-28)44-22-8-4/h9-18,23-24,31-34H,5-8,19-22H2,1-4H3/t31-,32-,33-,34-. The predicted octanol–water partition coefficient (Wildman–Crippen LogP) is 7.87. The summed E-state index contributed by atoms with van der Waals surface area (Å²) in [5.41, 5.74) is 4.22. The minimum absolute atomic E-state index is 0.00994. The second kappa shape index (κ2) is 15.5. The van der Waals surface area contributed by atoms with Crippen LogP contribution in [0, 0.1) is 0 Å². The molecule has 8 heteroatoms. The number of nitrogens with zero attached hydrogens (tertiary/aromatic N) is 4. The summed E-state index contributed by atoms with van der Waals surface area (Å²) >= 11 is 0. The van der Waals surface area contributed by atoms with Crippen LogP contribution in [0.1, 0.15) is 99.6 Å². The molecular weight excluding hydrogens is 552 g/mol. The molecule has 0 aliphatic heterocycles. The molecule has 4 aromatic rings. The maximum atomic E-state index is 6.05. The highest BCUT2D eigenvalue weighted by Crippen LogP contribution is 2.66. The van der Waals surface area contributed by atoms with Gasteiger partial charge >= 0.3 is 12.0 Å². The summed E-state index contributed by atoms with van der Waals surface area (Å²) < 4.78 is 24.1. The molecule has 2 aromatic heterocycles. The smallest absolute Gasteiger partial charge is 0.319 e. The average molecular weight is 597 g/mol. The highest BCUT2D eigenvalue weighted by atomic mass is 16.5. The van der Waals surface area contributed by atoms with Gasteiger partial charge in [0.2, 0.25) is 11.8 Å². The third-order valence-electron chi connectivity index (χ3n) is 7.78. The molecule has 44 heavy (non-hydrogen) atoms. The molecule has 232 valence electrons. The Balaban J connectivity index is 1.67. The van der Waals surface area contributed by atoms with Crippen molar-refractivity contribution >= 4 is 0 Å². The first-order chi connectivity index (χ1) is 21.7. The molecule has 1 aliphatic carbocycles. The van der Waals surface area contributed by atoms with Crippen molar-refractivity contribution in [2.24, 2.45) is 0 Å². The Hall–Kier alpha value is -4.20. The van der Waals surface area contributed by atoms with Crippen LogP contribution in [0.3, 0.4) is 0 Å². The summed E-state index contributed by atoms with van der Waals surface area (Å²) in [5.74, 6) is 1.21. The first-order valence-corrected chi connectivity index (χ1v) is 16.1. The summed E-state index contributed by atoms with van der Waals surface area (Å²) in [6.07, 6.45) is 3.49. The monoisotopic (exact) mass is 596 g/mol. The molecule has 2 heterocycles. The van der Waals surface area contributed by atoms with Gasteiger partial charge < -0.3 is 18.9 Å². The lowest BCUT2D eigenvalue weighted by atomic mass is 9.50. The van der Waals surface area contributed by atoms with E-state index in [0.717, 1.165) is 37.1 Å². The Morgan fingerprint density at radius 2 is 0.818 bits per heavy atom. The van der Waals surface area contributed by atoms with Gasteiger partial charge in [-0.1, -0.05) is 88.4 Å². The molecule has 0 N–H and O–H groups in total. The third-order valence-corrected chi connectivity index (χ3v) is 7.78. The molecule has 0 radical (unpaired) electrons. The molecule has 1 fully saturated rings. The molecule has 0 amide bonds. The predicted molar refractivity (Wildman–Crippen MR) is 171 cm³/mol. The summed E-state index contributed by atoms with van der Waals surface area (Å²) in [7, 11) is 0. The Morgan fingerprint density at radius 3 is 1.18 bits per heavy atom. The molecular formula is C36H44N4O4. The van der Waals surface area contributed by atoms with Gasteiger partial charge in [-0.15, -0.1) is 0 Å². The zero-order chi connectivity index (χ0) is 30.7. The molecule has 0 saturated heterocycles. The first-order valence-electron chi connectivity index (χ1n) is 16.1. The van der Waals surface area contributed by atoms with Crippen molar-refractivity contribution in [3.05, 3.63) is 95.3 Å². The number of rotatable bonds is 16. The van der Waals surface area contributed by atoms with E-state index in [1.165, 1.54) is 11.1 Å². The van der Waals surface area contributed by atoms with Crippen molar-refractivity contribution in [2.45, 2.75) is 77.0 Å². The van der Waals surface area contributed by atoms with Gasteiger partial charge in [-0.3, -0.25) is 0 Å². The minimum atomic E-state index is 0.00994. The number of hydrogen-bond donors (Lipinski definition) is 0. The van der Waals surface area contributed by atoms with Gasteiger partial charge in [0.15, 0.2) is 0 Å². The number of benzene rings is 2. The van der Waals surface area contributed by atoms with Crippen molar-refractivity contribution in [1.29, 1.82) is 0 Å². The van der Waals surface area contributed by atoms with Gasteiger partial charge in [-0.25, -0.2) is 0 Å². The van der Waals surface area contributed by atoms with Crippen LogP contribution in [0.4, 0.5) is 0 Å². The third kappa shape index (κ3) is 7.29. The lowest BCUT2D eigenvalue weighted by Gasteiger charge is -2.52. The normalized spacial score (nSPS) is 19.2. The highest BCUT2D eigenvalue weighted by molar-refractivity contribution is 5.47. The van der Waals surface area contributed by atoms with Crippen LogP contribution in [0.2, 0.25) is 0 Å². The quantitative estimate of drug-likeness (QED) is 0.129. The SMILES string of the molecule is CCCOc1cc([C@H]2[C@H](c3ccccc3)[C@H](c3cc(OCCC)nc(OCCC)n3)[C@H]2c2ccccc2)nc(OCCC)n1. The van der Waals surface area contributed by atoms with Gasteiger partial charge in [0.05, 0.1) is 37.8 Å². The minimum Gasteiger partial charge on any atom is -0.478 e. The maximum absolute atomic E-state index is 6.05. The van der Waals surface area contributed by atoms with Crippen LogP contribution >= 0.6 is 0 Å². The van der Waals surface area contributed by atoms with E-state index in [1.807, 2.05) is 12.1 Å². The van der Waals surface area contributed by atoms with Crippen LogP contribution in [-0.4, -0.2) is 46.4 Å². The van der Waals surface area contributed by atoms with Crippen molar-refractivity contribution in [2.75, 3.05) is 26.4 Å². The van der Waals surface area contributed by atoms with Gasteiger partial charge in [0.1, 0.15) is 0 Å². The first kappa shape index (κ1) is 31.2. The highest BCUT2D eigenvalue weighted by Gasteiger charge is 2.54. The largest absolute Gasteiger partial charge is 0.478 e. The van der Waals surface area contributed by atoms with E-state index in [0.29, 0.717) is 50.2 Å². The molecule has 0 bridgehead atoms. The van der Waals surface area contributed by atoms with Gasteiger partial charge in [-0.05, 0) is 36.8 Å². The van der Waals surface area contributed by atoms with Crippen molar-refractivity contribution in [3.8, 4) is 23.8 Å². The lowest BCUT2D eigenvalue weighted by molar-refractivity contribution is 0.208. The summed E-state index contributed by atoms with van der Waals surface area (Å²) in [5, 5.41) is 0. The van der Waals surface area contributed by atoms with Crippen molar-refractivity contribution in [3.63, 3.8) is 0 Å². The van der Waals surface area contributed by atoms with Crippen LogP contribution in [0.25, 0.3) is 0 Å². The molecule has 0 unspecified atom stereocenters. The van der Waals surface area contributed by atoms with E-state index in [9.17, 15) is 0 Å². The van der Waals surface area contributed by atoms with E-state index in [4.69, 9.17) is 28.9 Å². The van der Waals surface area contributed by atoms with E-state index in [1.54, 1.807) is 0 Å². The Morgan fingerprint density at radius 1 is 0.455 bits per heavy atom. The topological polar surface area (TPSA) is 88.5 Å². The van der Waals surface area contributed by atoms with Crippen LogP contribution < -0.4 is 18.9 Å². The molecule has 0 atom stereocenters. The summed E-state index contributed by atoms with van der Waals surface area (Å²) in [4.78, 5) is 19.2. The second-order valence-corrected chi connectivity index (χ2v) is 11.1. The molecule has 0 spiro atoms. The van der Waals surface area contributed by atoms with E-state index in [-0.39, 0.29) is 23.7 Å². The van der Waals surface area contributed by atoms with E-state index < -0.39 is 0 Å².